The average Bonchev–Trinajstić information content (AvgIpc) is 3.43. The van der Waals surface area contributed by atoms with Gasteiger partial charge in [0.15, 0.2) is 5.71 Å². The zero-order valence-corrected chi connectivity index (χ0v) is 32.5. The van der Waals surface area contributed by atoms with E-state index in [1.54, 1.807) is 6.08 Å². The lowest BCUT2D eigenvalue weighted by atomic mass is 9.77. The number of rotatable bonds is 15. The lowest BCUT2D eigenvalue weighted by Crippen LogP contribution is -2.32. The van der Waals surface area contributed by atoms with Gasteiger partial charge >= 0.3 is 5.97 Å². The molecule has 2 heterocycles. The van der Waals surface area contributed by atoms with Gasteiger partial charge < -0.3 is 19.5 Å². The number of hydrogen-bond acceptors (Lipinski definition) is 8. The Labute approximate surface area is 308 Å². The fourth-order valence-corrected chi connectivity index (χ4v) is 7.65. The minimum atomic E-state index is -4.18. The number of carbonyl (C=O) groups excluding carboxylic acids is 2. The van der Waals surface area contributed by atoms with Gasteiger partial charge in [0.2, 0.25) is 11.5 Å². The van der Waals surface area contributed by atoms with E-state index >= 15 is 0 Å². The van der Waals surface area contributed by atoms with Crippen molar-refractivity contribution in [3.05, 3.63) is 88.3 Å². The molecule has 0 atom stereocenters. The van der Waals surface area contributed by atoms with Crippen LogP contribution in [0.3, 0.4) is 0 Å². The number of anilines is 1. The molecule has 11 heteroatoms. The third-order valence-corrected chi connectivity index (χ3v) is 11.5. The molecule has 0 saturated carbocycles. The van der Waals surface area contributed by atoms with E-state index in [9.17, 15) is 27.7 Å². The Balaban J connectivity index is 1.43. The van der Waals surface area contributed by atoms with Crippen molar-refractivity contribution in [1.82, 2.24) is 0 Å². The van der Waals surface area contributed by atoms with E-state index in [1.807, 2.05) is 75.9 Å². The third-order valence-electron chi connectivity index (χ3n) is 10.7. The highest BCUT2D eigenvalue weighted by molar-refractivity contribution is 7.85. The summed E-state index contributed by atoms with van der Waals surface area (Å²) >= 11 is 0. The summed E-state index contributed by atoms with van der Waals surface area (Å²) in [6.07, 6.45) is 5.78. The second kappa shape index (κ2) is 14.7. The number of ketones is 1. The van der Waals surface area contributed by atoms with Crippen LogP contribution in [0, 0.1) is 5.41 Å². The van der Waals surface area contributed by atoms with Crippen LogP contribution in [0.4, 0.5) is 11.4 Å². The fraction of sp³-hybridized carbons (Fsp3) is 0.488. The summed E-state index contributed by atoms with van der Waals surface area (Å²) in [5.41, 5.74) is 4.53. The predicted molar refractivity (Wildman–Crippen MR) is 203 cm³/mol. The summed E-state index contributed by atoms with van der Waals surface area (Å²) in [5.74, 6) is -0.380. The molecule has 2 aromatic rings. The molecule has 2 N–H and O–H groups in total. The first-order valence-electron chi connectivity index (χ1n) is 18.2. The Morgan fingerprint density at radius 3 is 2.35 bits per heavy atom. The zero-order chi connectivity index (χ0) is 38.2. The Morgan fingerprint density at radius 1 is 0.981 bits per heavy atom. The van der Waals surface area contributed by atoms with Crippen molar-refractivity contribution < 1.29 is 41.7 Å². The quantitative estimate of drug-likeness (QED) is 0.0628. The van der Waals surface area contributed by atoms with Gasteiger partial charge in [-0.3, -0.25) is 14.1 Å². The van der Waals surface area contributed by atoms with Crippen molar-refractivity contribution in [2.24, 2.45) is 5.41 Å². The lowest BCUT2D eigenvalue weighted by molar-refractivity contribution is -0.437. The number of hydrogen-bond donors (Lipinski definition) is 2. The van der Waals surface area contributed by atoms with Crippen LogP contribution in [0.25, 0.3) is 0 Å². The molecule has 52 heavy (non-hydrogen) atoms. The van der Waals surface area contributed by atoms with Crippen LogP contribution >= 0.6 is 0 Å². The summed E-state index contributed by atoms with van der Waals surface area (Å²) in [6, 6.07) is 13.9. The second-order valence-corrected chi connectivity index (χ2v) is 17.1. The Bertz CT molecular complexity index is 2000. The molecule has 3 aliphatic rings. The first-order valence-corrected chi connectivity index (χ1v) is 19.8. The van der Waals surface area contributed by atoms with Crippen molar-refractivity contribution in [3.8, 4) is 5.75 Å². The van der Waals surface area contributed by atoms with E-state index in [-0.39, 0.29) is 53.6 Å². The van der Waals surface area contributed by atoms with Crippen molar-refractivity contribution in [2.75, 3.05) is 37.0 Å². The number of Topliss-reactive ketones (excluding diaryl/α,β-unsaturated/α-hetero) is 1. The maximum absolute atomic E-state index is 13.8. The summed E-state index contributed by atoms with van der Waals surface area (Å²) in [4.78, 5) is 28.1. The molecule has 0 unspecified atom stereocenters. The molecule has 0 saturated heterocycles. The molecule has 10 nitrogen and oxygen atoms in total. The third kappa shape index (κ3) is 7.48. The van der Waals surface area contributed by atoms with Crippen LogP contribution < -0.4 is 9.64 Å². The normalized spacial score (nSPS) is 19.3. The van der Waals surface area contributed by atoms with Crippen molar-refractivity contribution in [1.29, 1.82) is 0 Å². The number of allylic oxidation sites excluding steroid dienone is 5. The maximum Gasteiger partial charge on any atom is 0.311 e. The van der Waals surface area contributed by atoms with Crippen LogP contribution in [-0.2, 0) is 35.3 Å². The maximum atomic E-state index is 13.8. The molecule has 0 spiro atoms. The van der Waals surface area contributed by atoms with E-state index in [4.69, 9.17) is 9.47 Å². The first-order chi connectivity index (χ1) is 24.3. The Morgan fingerprint density at radius 2 is 1.69 bits per heavy atom. The molecule has 5 rings (SSSR count). The minimum absolute atomic E-state index is 0.0788. The van der Waals surface area contributed by atoms with Gasteiger partial charge in [0.25, 0.3) is 10.1 Å². The number of esters is 1. The monoisotopic (exact) mass is 733 g/mol. The predicted octanol–water partition coefficient (Wildman–Crippen LogP) is 7.50. The van der Waals surface area contributed by atoms with E-state index in [0.29, 0.717) is 30.9 Å². The van der Waals surface area contributed by atoms with E-state index < -0.39 is 26.7 Å². The standard InChI is InChI=1S/C41H52N2O8S/c1-9-19-42-32-16-12-11-15-30(32)40(5,6)34(42)25-28-36(44)29(37(28)45)26-35-41(7,8)31-24-27(50-21-14-22-51-38(46)39(3,4)10-2)17-18-33(31)43(35)20-13-23-52(47,48)49/h11-12,15-18,24-26H,9-10,13-14,19-23H2,1-8H3,(H-,44,45,47,48,49)/p+1. The number of carbonyl (C=O) groups is 2. The number of benzene rings is 2. The van der Waals surface area contributed by atoms with E-state index in [1.165, 1.54) is 5.56 Å². The van der Waals surface area contributed by atoms with E-state index in [2.05, 4.69) is 37.5 Å². The largest absolute Gasteiger partial charge is 0.506 e. The molecular weight excluding hydrogens is 681 g/mol. The van der Waals surface area contributed by atoms with Crippen molar-refractivity contribution in [3.63, 3.8) is 0 Å². The van der Waals surface area contributed by atoms with Gasteiger partial charge in [-0.05, 0) is 70.4 Å². The molecule has 0 bridgehead atoms. The molecule has 2 aromatic carbocycles. The average molecular weight is 734 g/mol. The van der Waals surface area contributed by atoms with Gasteiger partial charge in [-0.15, -0.1) is 0 Å². The number of nitrogens with zero attached hydrogens (tertiary/aromatic N) is 2. The molecule has 0 amide bonds. The number of ether oxygens (including phenoxy) is 2. The summed E-state index contributed by atoms with van der Waals surface area (Å²) in [6.45, 7) is 17.7. The molecular formula is C41H53N2O8S+. The molecule has 1 aliphatic carbocycles. The number of para-hydroxylation sites is 1. The van der Waals surface area contributed by atoms with Gasteiger partial charge in [-0.25, -0.2) is 0 Å². The summed E-state index contributed by atoms with van der Waals surface area (Å²) in [5, 5.41) is 11.4. The molecule has 0 aromatic heterocycles. The first kappa shape index (κ1) is 39.0. The van der Waals surface area contributed by atoms with Crippen LogP contribution in [0.2, 0.25) is 0 Å². The van der Waals surface area contributed by atoms with Gasteiger partial charge in [0, 0.05) is 53.9 Å². The highest BCUT2D eigenvalue weighted by atomic mass is 32.2. The zero-order valence-electron chi connectivity index (χ0n) is 31.7. The van der Waals surface area contributed by atoms with Crippen LogP contribution in [0.1, 0.15) is 92.2 Å². The van der Waals surface area contributed by atoms with Gasteiger partial charge in [0.1, 0.15) is 18.1 Å². The fourth-order valence-electron chi connectivity index (χ4n) is 7.15. The number of aliphatic hydroxyl groups is 1. The Hall–Kier alpha value is -4.22. The number of aliphatic hydroxyl groups excluding tert-OH is 1. The van der Waals surface area contributed by atoms with Crippen LogP contribution in [0.5, 0.6) is 5.75 Å². The topological polar surface area (TPSA) is 133 Å². The Kier molecular flexibility index (Phi) is 11.0. The highest BCUT2D eigenvalue weighted by Gasteiger charge is 2.47. The molecule has 2 aliphatic heterocycles. The number of fused-ring (bicyclic) bond motifs is 2. The minimum Gasteiger partial charge on any atom is -0.506 e. The summed E-state index contributed by atoms with van der Waals surface area (Å²) in [7, 11) is -4.18. The van der Waals surface area contributed by atoms with Crippen molar-refractivity contribution >= 4 is 39.0 Å². The second-order valence-electron chi connectivity index (χ2n) is 15.5. The van der Waals surface area contributed by atoms with E-state index in [0.717, 1.165) is 35.6 Å². The van der Waals surface area contributed by atoms with Gasteiger partial charge in [0.05, 0.1) is 40.9 Å². The van der Waals surface area contributed by atoms with Crippen LogP contribution in [-0.4, -0.2) is 72.2 Å². The summed E-state index contributed by atoms with van der Waals surface area (Å²) < 4.78 is 46.4. The smallest absolute Gasteiger partial charge is 0.311 e. The van der Waals surface area contributed by atoms with Gasteiger partial charge in [-0.1, -0.05) is 45.9 Å². The molecule has 0 radical (unpaired) electrons. The van der Waals surface area contributed by atoms with Crippen LogP contribution in [0.15, 0.2) is 77.2 Å². The van der Waals surface area contributed by atoms with Crippen molar-refractivity contribution in [2.45, 2.75) is 91.9 Å². The SMILES string of the molecule is CCC[N+]1=C(C=C2C(=O)C(/C=C3/N(CCCS(=O)(=O)O)c4ccc(OCCCOC(=O)C(C)(C)CC)cc4C3(C)C)=C2O)C(C)(C)c2ccccc21. The highest BCUT2D eigenvalue weighted by Crippen LogP contribution is 2.50. The molecule has 0 fully saturated rings. The molecule has 280 valence electrons. The lowest BCUT2D eigenvalue weighted by Gasteiger charge is -2.29. The van der Waals surface area contributed by atoms with Gasteiger partial charge in [-0.2, -0.15) is 13.0 Å².